The van der Waals surface area contributed by atoms with Crippen LogP contribution in [-0.4, -0.2) is 16.2 Å². The molecule has 1 saturated carbocycles. The largest absolute Gasteiger partial charge is 0.328 e. The van der Waals surface area contributed by atoms with Crippen molar-refractivity contribution in [3.63, 3.8) is 0 Å². The molecule has 0 bridgehead atoms. The van der Waals surface area contributed by atoms with Crippen LogP contribution in [0.3, 0.4) is 0 Å². The SMILES string of the molecule is CC.N#Cc1cccc(-c2n[nH]c(C3CCC(N)CC3)c2F)c1. The normalized spacial score (nSPS) is 20.3. The van der Waals surface area contributed by atoms with Gasteiger partial charge in [0.25, 0.3) is 0 Å². The van der Waals surface area contributed by atoms with E-state index in [1.807, 2.05) is 13.8 Å². The van der Waals surface area contributed by atoms with Gasteiger partial charge in [0.05, 0.1) is 17.3 Å². The number of aromatic amines is 1. The number of rotatable bonds is 2. The van der Waals surface area contributed by atoms with Crippen molar-refractivity contribution in [2.75, 3.05) is 0 Å². The Balaban J connectivity index is 0.000000924. The van der Waals surface area contributed by atoms with Gasteiger partial charge in [0, 0.05) is 17.5 Å². The number of nitrogens with one attached hydrogen (secondary N) is 1. The maximum Gasteiger partial charge on any atom is 0.172 e. The van der Waals surface area contributed by atoms with Crippen molar-refractivity contribution in [3.8, 4) is 17.3 Å². The first-order chi connectivity index (χ1) is 11.2. The molecule has 0 saturated heterocycles. The number of H-pyrrole nitrogens is 1. The van der Waals surface area contributed by atoms with Gasteiger partial charge < -0.3 is 5.73 Å². The average molecular weight is 314 g/mol. The van der Waals surface area contributed by atoms with E-state index in [-0.39, 0.29) is 23.5 Å². The highest BCUT2D eigenvalue weighted by Crippen LogP contribution is 2.35. The molecule has 1 aliphatic carbocycles. The van der Waals surface area contributed by atoms with Gasteiger partial charge in [-0.05, 0) is 37.8 Å². The van der Waals surface area contributed by atoms with E-state index in [4.69, 9.17) is 11.0 Å². The Kier molecular flexibility index (Phi) is 5.89. The fourth-order valence-corrected chi connectivity index (χ4v) is 2.95. The number of halogens is 1. The van der Waals surface area contributed by atoms with Crippen molar-refractivity contribution < 1.29 is 4.39 Å². The van der Waals surface area contributed by atoms with E-state index in [1.165, 1.54) is 0 Å². The highest BCUT2D eigenvalue weighted by atomic mass is 19.1. The zero-order chi connectivity index (χ0) is 16.8. The number of nitriles is 1. The summed E-state index contributed by atoms with van der Waals surface area (Å²) < 4.78 is 14.6. The first kappa shape index (κ1) is 17.2. The number of nitrogens with two attached hydrogens (primary N) is 1. The molecular formula is C18H23FN4. The van der Waals surface area contributed by atoms with Crippen molar-refractivity contribution in [2.24, 2.45) is 5.73 Å². The van der Waals surface area contributed by atoms with Gasteiger partial charge in [0.1, 0.15) is 5.69 Å². The van der Waals surface area contributed by atoms with E-state index in [0.29, 0.717) is 16.8 Å². The third-order valence-electron chi connectivity index (χ3n) is 4.18. The monoisotopic (exact) mass is 314 g/mol. The molecule has 5 heteroatoms. The maximum absolute atomic E-state index is 14.6. The van der Waals surface area contributed by atoms with Crippen LogP contribution in [-0.2, 0) is 0 Å². The van der Waals surface area contributed by atoms with Crippen LogP contribution in [0.25, 0.3) is 11.3 Å². The van der Waals surface area contributed by atoms with Gasteiger partial charge in [0.2, 0.25) is 0 Å². The molecule has 0 atom stereocenters. The van der Waals surface area contributed by atoms with E-state index in [1.54, 1.807) is 24.3 Å². The molecule has 1 fully saturated rings. The predicted octanol–water partition coefficient (Wildman–Crippen LogP) is 4.10. The van der Waals surface area contributed by atoms with Crippen LogP contribution in [0.15, 0.2) is 24.3 Å². The quantitative estimate of drug-likeness (QED) is 0.876. The van der Waals surface area contributed by atoms with E-state index < -0.39 is 0 Å². The van der Waals surface area contributed by atoms with Crippen LogP contribution in [0.4, 0.5) is 4.39 Å². The van der Waals surface area contributed by atoms with Crippen molar-refractivity contribution in [1.82, 2.24) is 10.2 Å². The zero-order valence-corrected chi connectivity index (χ0v) is 13.6. The molecule has 0 spiro atoms. The topological polar surface area (TPSA) is 78.5 Å². The van der Waals surface area contributed by atoms with Crippen molar-refractivity contribution >= 4 is 0 Å². The summed E-state index contributed by atoms with van der Waals surface area (Å²) in [6, 6.07) is 9.14. The molecule has 3 rings (SSSR count). The highest BCUT2D eigenvalue weighted by Gasteiger charge is 2.26. The van der Waals surface area contributed by atoms with Gasteiger partial charge in [-0.3, -0.25) is 5.10 Å². The summed E-state index contributed by atoms with van der Waals surface area (Å²) in [7, 11) is 0. The first-order valence-corrected chi connectivity index (χ1v) is 8.19. The van der Waals surface area contributed by atoms with E-state index >= 15 is 0 Å². The Morgan fingerprint density at radius 3 is 2.61 bits per heavy atom. The van der Waals surface area contributed by atoms with Gasteiger partial charge in [0.15, 0.2) is 5.82 Å². The number of nitrogens with zero attached hydrogens (tertiary/aromatic N) is 2. The zero-order valence-electron chi connectivity index (χ0n) is 13.6. The van der Waals surface area contributed by atoms with Crippen LogP contribution in [0.2, 0.25) is 0 Å². The summed E-state index contributed by atoms with van der Waals surface area (Å²) in [6.45, 7) is 4.00. The lowest BCUT2D eigenvalue weighted by Crippen LogP contribution is -2.26. The summed E-state index contributed by atoms with van der Waals surface area (Å²) in [5.74, 6) is -0.143. The summed E-state index contributed by atoms with van der Waals surface area (Å²) in [4.78, 5) is 0. The fraction of sp³-hybridized carbons (Fsp3) is 0.444. The van der Waals surface area contributed by atoms with Crippen LogP contribution in [0, 0.1) is 17.1 Å². The molecule has 0 amide bonds. The molecule has 1 heterocycles. The third kappa shape index (κ3) is 3.77. The number of hydrogen-bond acceptors (Lipinski definition) is 3. The molecule has 122 valence electrons. The standard InChI is InChI=1S/C16H17FN4.C2H6/c17-14-15(11-4-6-13(19)7-5-11)20-21-16(14)12-3-1-2-10(8-12)9-18;1-2/h1-3,8,11,13H,4-7,19H2,(H,20,21);1-2H3. The minimum absolute atomic E-state index is 0.158. The Bertz CT molecular complexity index is 679. The Hall–Kier alpha value is -2.19. The molecule has 0 radical (unpaired) electrons. The number of benzene rings is 1. The van der Waals surface area contributed by atoms with Crippen LogP contribution in [0.5, 0.6) is 0 Å². The minimum Gasteiger partial charge on any atom is -0.328 e. The summed E-state index contributed by atoms with van der Waals surface area (Å²) in [5, 5.41) is 15.9. The lowest BCUT2D eigenvalue weighted by atomic mass is 9.84. The fourth-order valence-electron chi connectivity index (χ4n) is 2.95. The second-order valence-electron chi connectivity index (χ2n) is 5.60. The van der Waals surface area contributed by atoms with E-state index in [9.17, 15) is 4.39 Å². The Labute approximate surface area is 136 Å². The second-order valence-corrected chi connectivity index (χ2v) is 5.60. The van der Waals surface area contributed by atoms with Crippen molar-refractivity contribution in [3.05, 3.63) is 41.3 Å². The van der Waals surface area contributed by atoms with Crippen LogP contribution >= 0.6 is 0 Å². The lowest BCUT2D eigenvalue weighted by Gasteiger charge is -2.24. The van der Waals surface area contributed by atoms with E-state index in [0.717, 1.165) is 25.7 Å². The molecule has 1 aromatic heterocycles. The number of hydrogen-bond donors (Lipinski definition) is 2. The minimum atomic E-state index is -0.300. The first-order valence-electron chi connectivity index (χ1n) is 8.19. The van der Waals surface area contributed by atoms with E-state index in [2.05, 4.69) is 16.3 Å². The molecule has 1 aromatic carbocycles. The van der Waals surface area contributed by atoms with Crippen LogP contribution in [0.1, 0.15) is 56.7 Å². The predicted molar refractivity (Wildman–Crippen MR) is 89.2 cm³/mol. The highest BCUT2D eigenvalue weighted by molar-refractivity contribution is 5.62. The summed E-state index contributed by atoms with van der Waals surface area (Å²) in [5.41, 5.74) is 7.88. The molecule has 2 aromatic rings. The van der Waals surface area contributed by atoms with Gasteiger partial charge in [-0.1, -0.05) is 26.0 Å². The molecule has 4 nitrogen and oxygen atoms in total. The Morgan fingerprint density at radius 1 is 1.26 bits per heavy atom. The molecule has 23 heavy (non-hydrogen) atoms. The number of aromatic nitrogens is 2. The Morgan fingerprint density at radius 2 is 1.96 bits per heavy atom. The van der Waals surface area contributed by atoms with Gasteiger partial charge in [-0.15, -0.1) is 0 Å². The second kappa shape index (κ2) is 7.89. The van der Waals surface area contributed by atoms with Crippen LogP contribution < -0.4 is 5.73 Å². The lowest BCUT2D eigenvalue weighted by molar-refractivity contribution is 0.382. The van der Waals surface area contributed by atoms with Crippen molar-refractivity contribution in [1.29, 1.82) is 5.26 Å². The molecule has 3 N–H and O–H groups in total. The molecule has 1 aliphatic rings. The third-order valence-corrected chi connectivity index (χ3v) is 4.18. The van der Waals surface area contributed by atoms with Gasteiger partial charge >= 0.3 is 0 Å². The van der Waals surface area contributed by atoms with Gasteiger partial charge in [-0.25, -0.2) is 4.39 Å². The average Bonchev–Trinajstić information content (AvgIpc) is 2.99. The summed E-state index contributed by atoms with van der Waals surface area (Å²) >= 11 is 0. The van der Waals surface area contributed by atoms with Gasteiger partial charge in [-0.2, -0.15) is 10.4 Å². The summed E-state index contributed by atoms with van der Waals surface area (Å²) in [6.07, 6.45) is 3.61. The maximum atomic E-state index is 14.6. The molecule has 0 aliphatic heterocycles. The molecule has 0 unspecified atom stereocenters. The molecular weight excluding hydrogens is 291 g/mol. The van der Waals surface area contributed by atoms with Crippen molar-refractivity contribution in [2.45, 2.75) is 51.5 Å². The smallest absolute Gasteiger partial charge is 0.172 e.